The van der Waals surface area contributed by atoms with Crippen molar-refractivity contribution in [2.45, 2.75) is 39.2 Å². The number of nitrogens with zero attached hydrogens (tertiary/aromatic N) is 1. The first-order valence-electron chi connectivity index (χ1n) is 6.40. The van der Waals surface area contributed by atoms with Crippen LogP contribution in [0.3, 0.4) is 0 Å². The van der Waals surface area contributed by atoms with Gasteiger partial charge in [-0.15, -0.1) is 0 Å². The molecule has 0 bridgehead atoms. The summed E-state index contributed by atoms with van der Waals surface area (Å²) in [5.74, 6) is -1.36. The maximum Gasteiger partial charge on any atom is 0.354 e. The zero-order valence-electron chi connectivity index (χ0n) is 11.1. The third-order valence-corrected chi connectivity index (χ3v) is 3.80. The van der Waals surface area contributed by atoms with Gasteiger partial charge in [-0.25, -0.2) is 9.78 Å². The summed E-state index contributed by atoms with van der Waals surface area (Å²) in [4.78, 5) is 26.7. The quantitative estimate of drug-likeness (QED) is 0.874. The summed E-state index contributed by atoms with van der Waals surface area (Å²) in [7, 11) is 0. The lowest BCUT2D eigenvalue weighted by Gasteiger charge is -2.27. The van der Waals surface area contributed by atoms with Crippen molar-refractivity contribution in [3.63, 3.8) is 0 Å². The van der Waals surface area contributed by atoms with Gasteiger partial charge in [0, 0.05) is 17.8 Å². The maximum atomic E-state index is 12.1. The van der Waals surface area contributed by atoms with Gasteiger partial charge in [0.15, 0.2) is 0 Å². The Kier molecular flexibility index (Phi) is 3.55. The van der Waals surface area contributed by atoms with E-state index >= 15 is 0 Å². The molecule has 1 amide bonds. The monoisotopic (exact) mass is 262 g/mol. The molecule has 0 aliphatic heterocycles. The number of hydrogen-bond acceptors (Lipinski definition) is 3. The van der Waals surface area contributed by atoms with Crippen LogP contribution in [0, 0.1) is 5.41 Å². The van der Waals surface area contributed by atoms with Crippen molar-refractivity contribution in [3.8, 4) is 0 Å². The van der Waals surface area contributed by atoms with Crippen LogP contribution in [-0.2, 0) is 0 Å². The molecule has 0 saturated heterocycles. The van der Waals surface area contributed by atoms with Crippen molar-refractivity contribution in [2.75, 3.05) is 0 Å². The molecule has 19 heavy (non-hydrogen) atoms. The molecule has 1 atom stereocenters. The number of pyridine rings is 1. The molecule has 1 fully saturated rings. The molecule has 0 spiro atoms. The van der Waals surface area contributed by atoms with E-state index in [1.54, 1.807) is 0 Å². The van der Waals surface area contributed by atoms with Gasteiger partial charge in [0.05, 0.1) is 0 Å². The minimum Gasteiger partial charge on any atom is -0.477 e. The molecule has 1 aliphatic rings. The summed E-state index contributed by atoms with van der Waals surface area (Å²) >= 11 is 0. The average Bonchev–Trinajstić information content (AvgIpc) is 2.69. The van der Waals surface area contributed by atoms with Gasteiger partial charge in [-0.2, -0.15) is 0 Å². The Labute approximate surface area is 112 Å². The van der Waals surface area contributed by atoms with Gasteiger partial charge in [0.2, 0.25) is 0 Å². The number of aromatic nitrogens is 1. The molecule has 0 aromatic carbocycles. The minimum atomic E-state index is -1.13. The van der Waals surface area contributed by atoms with Crippen molar-refractivity contribution < 1.29 is 14.7 Å². The van der Waals surface area contributed by atoms with Crippen molar-refractivity contribution in [2.24, 2.45) is 5.41 Å². The lowest BCUT2D eigenvalue weighted by molar-refractivity contribution is 0.0690. The van der Waals surface area contributed by atoms with E-state index in [9.17, 15) is 9.59 Å². The summed E-state index contributed by atoms with van der Waals surface area (Å²) in [6, 6.07) is 2.98. The normalized spacial score (nSPS) is 21.1. The van der Waals surface area contributed by atoms with E-state index in [0.717, 1.165) is 19.3 Å². The maximum absolute atomic E-state index is 12.1. The number of carbonyl (C=O) groups is 2. The highest BCUT2D eigenvalue weighted by Gasteiger charge is 2.35. The number of hydrogen-bond donors (Lipinski definition) is 2. The zero-order chi connectivity index (χ0) is 14.0. The van der Waals surface area contributed by atoms with Crippen LogP contribution >= 0.6 is 0 Å². The summed E-state index contributed by atoms with van der Waals surface area (Å²) < 4.78 is 0. The van der Waals surface area contributed by atoms with E-state index in [1.807, 2.05) is 0 Å². The van der Waals surface area contributed by atoms with E-state index in [1.165, 1.54) is 18.3 Å². The van der Waals surface area contributed by atoms with Gasteiger partial charge in [0.1, 0.15) is 5.69 Å². The van der Waals surface area contributed by atoms with E-state index < -0.39 is 5.97 Å². The number of rotatable bonds is 3. The Morgan fingerprint density at radius 2 is 2.21 bits per heavy atom. The van der Waals surface area contributed by atoms with Crippen molar-refractivity contribution in [1.29, 1.82) is 0 Å². The fourth-order valence-electron chi connectivity index (χ4n) is 2.52. The van der Waals surface area contributed by atoms with Crippen LogP contribution in [0.1, 0.15) is 54.0 Å². The van der Waals surface area contributed by atoms with E-state index in [-0.39, 0.29) is 23.1 Å². The first kappa shape index (κ1) is 13.5. The number of amides is 1. The van der Waals surface area contributed by atoms with Gasteiger partial charge >= 0.3 is 5.97 Å². The standard InChI is InChI=1S/C14H18N2O3/c1-14(2)6-3-4-11(14)16-12(17)9-5-7-15-10(8-9)13(18)19/h5,7-8,11H,3-4,6H2,1-2H3,(H,16,17)(H,18,19). The van der Waals surface area contributed by atoms with Crippen LogP contribution in [0.15, 0.2) is 18.3 Å². The number of carbonyl (C=O) groups excluding carboxylic acids is 1. The van der Waals surface area contributed by atoms with E-state index in [0.29, 0.717) is 5.56 Å². The summed E-state index contributed by atoms with van der Waals surface area (Å²) in [5, 5.41) is 11.9. The van der Waals surface area contributed by atoms with Gasteiger partial charge < -0.3 is 10.4 Å². The largest absolute Gasteiger partial charge is 0.477 e. The highest BCUT2D eigenvalue weighted by Crippen LogP contribution is 2.37. The zero-order valence-corrected chi connectivity index (χ0v) is 11.1. The first-order chi connectivity index (χ1) is 8.90. The van der Waals surface area contributed by atoms with Gasteiger partial charge in [-0.05, 0) is 30.4 Å². The Morgan fingerprint density at radius 1 is 1.47 bits per heavy atom. The van der Waals surface area contributed by atoms with Crippen molar-refractivity contribution in [3.05, 3.63) is 29.6 Å². The molecule has 1 aromatic heterocycles. The summed E-state index contributed by atoms with van der Waals surface area (Å²) in [6.07, 6.45) is 4.51. The Morgan fingerprint density at radius 3 is 2.79 bits per heavy atom. The van der Waals surface area contributed by atoms with Gasteiger partial charge in [-0.3, -0.25) is 4.79 Å². The Hall–Kier alpha value is -1.91. The molecule has 2 rings (SSSR count). The smallest absolute Gasteiger partial charge is 0.354 e. The molecule has 5 heteroatoms. The third kappa shape index (κ3) is 2.92. The topological polar surface area (TPSA) is 79.3 Å². The third-order valence-electron chi connectivity index (χ3n) is 3.80. The molecule has 2 N–H and O–H groups in total. The van der Waals surface area contributed by atoms with E-state index in [4.69, 9.17) is 5.11 Å². The molecule has 1 aromatic rings. The second-order valence-corrected chi connectivity index (χ2v) is 5.64. The highest BCUT2D eigenvalue weighted by molar-refractivity contribution is 5.96. The molecule has 102 valence electrons. The summed E-state index contributed by atoms with van der Waals surface area (Å²) in [5.41, 5.74) is 0.326. The van der Waals surface area contributed by atoms with Crippen molar-refractivity contribution >= 4 is 11.9 Å². The van der Waals surface area contributed by atoms with Crippen LogP contribution in [0.25, 0.3) is 0 Å². The predicted molar refractivity (Wildman–Crippen MR) is 70.1 cm³/mol. The number of carboxylic acid groups (broad SMARTS) is 1. The van der Waals surface area contributed by atoms with Gasteiger partial charge in [-0.1, -0.05) is 20.3 Å². The molecular formula is C14H18N2O3. The predicted octanol–water partition coefficient (Wildman–Crippen LogP) is 2.09. The average molecular weight is 262 g/mol. The Balaban J connectivity index is 2.12. The van der Waals surface area contributed by atoms with Crippen LogP contribution in [0.2, 0.25) is 0 Å². The second kappa shape index (κ2) is 4.99. The molecule has 1 aliphatic carbocycles. The van der Waals surface area contributed by atoms with Crippen LogP contribution in [-0.4, -0.2) is 28.0 Å². The lowest BCUT2D eigenvalue weighted by atomic mass is 9.87. The number of aromatic carboxylic acids is 1. The molecule has 5 nitrogen and oxygen atoms in total. The summed E-state index contributed by atoms with van der Waals surface area (Å²) in [6.45, 7) is 4.28. The van der Waals surface area contributed by atoms with Crippen molar-refractivity contribution in [1.82, 2.24) is 10.3 Å². The molecule has 1 saturated carbocycles. The van der Waals surface area contributed by atoms with Crippen LogP contribution in [0.5, 0.6) is 0 Å². The van der Waals surface area contributed by atoms with Crippen LogP contribution in [0.4, 0.5) is 0 Å². The molecule has 1 unspecified atom stereocenters. The Bertz CT molecular complexity index is 511. The lowest BCUT2D eigenvalue weighted by Crippen LogP contribution is -2.41. The van der Waals surface area contributed by atoms with Gasteiger partial charge in [0.25, 0.3) is 5.91 Å². The fraction of sp³-hybridized carbons (Fsp3) is 0.500. The van der Waals surface area contributed by atoms with E-state index in [2.05, 4.69) is 24.1 Å². The number of nitrogens with one attached hydrogen (secondary N) is 1. The highest BCUT2D eigenvalue weighted by atomic mass is 16.4. The molecule has 0 radical (unpaired) electrons. The SMILES string of the molecule is CC1(C)CCCC1NC(=O)c1ccnc(C(=O)O)c1. The second-order valence-electron chi connectivity index (χ2n) is 5.64. The first-order valence-corrected chi connectivity index (χ1v) is 6.40. The molecule has 1 heterocycles. The minimum absolute atomic E-state index is 0.0956. The fourth-order valence-corrected chi connectivity index (χ4v) is 2.52. The number of carboxylic acids is 1. The van der Waals surface area contributed by atoms with Crippen LogP contribution < -0.4 is 5.32 Å². The molecular weight excluding hydrogens is 244 g/mol.